The minimum absolute atomic E-state index is 0.0290. The van der Waals surface area contributed by atoms with Crippen LogP contribution in [0.4, 0.5) is 0 Å². The second-order valence-corrected chi connectivity index (χ2v) is 14.6. The Hall–Kier alpha value is -0.340. The van der Waals surface area contributed by atoms with Crippen molar-refractivity contribution >= 4 is 0 Å². The van der Waals surface area contributed by atoms with Gasteiger partial charge in [-0.3, -0.25) is 0 Å². The van der Waals surface area contributed by atoms with Gasteiger partial charge >= 0.3 is 0 Å². The summed E-state index contributed by atoms with van der Waals surface area (Å²) >= 11 is 0. The zero-order valence-electron chi connectivity index (χ0n) is 21.8. The van der Waals surface area contributed by atoms with Gasteiger partial charge in [-0.1, -0.05) is 46.8 Å². The van der Waals surface area contributed by atoms with Crippen LogP contribution in [0.15, 0.2) is 12.2 Å². The van der Waals surface area contributed by atoms with Crippen molar-refractivity contribution in [2.75, 3.05) is 6.61 Å². The highest BCUT2D eigenvalue weighted by Crippen LogP contribution is 2.77. The fraction of sp³-hybridized carbons (Fsp3) is 0.933. The molecular weight excluding hydrogens is 392 g/mol. The number of hydrogen-bond acceptors (Lipinski definition) is 2. The van der Waals surface area contributed by atoms with Crippen molar-refractivity contribution in [3.8, 4) is 0 Å². The predicted molar refractivity (Wildman–Crippen MR) is 132 cm³/mol. The molecule has 2 nitrogen and oxygen atoms in total. The average Bonchev–Trinajstić information content (AvgIpc) is 3.12. The Kier molecular flexibility index (Phi) is 5.19. The van der Waals surface area contributed by atoms with Gasteiger partial charge in [-0.05, 0) is 128 Å². The molecule has 2 N–H and O–H groups in total. The second-order valence-electron chi connectivity index (χ2n) is 14.6. The fourth-order valence-corrected chi connectivity index (χ4v) is 11.5. The van der Waals surface area contributed by atoms with Crippen LogP contribution in [0, 0.1) is 56.7 Å². The molecule has 0 aromatic carbocycles. The lowest BCUT2D eigenvalue weighted by Gasteiger charge is -2.73. The predicted octanol–water partition coefficient (Wildman–Crippen LogP) is 7.00. The van der Waals surface area contributed by atoms with Crippen molar-refractivity contribution in [2.24, 2.45) is 56.7 Å². The number of hydrogen-bond donors (Lipinski definition) is 2. The van der Waals surface area contributed by atoms with Crippen LogP contribution in [-0.4, -0.2) is 22.9 Å². The van der Waals surface area contributed by atoms with E-state index in [1.807, 2.05) is 0 Å². The smallest absolute Gasteiger partial charge is 0.0594 e. The van der Waals surface area contributed by atoms with Crippen molar-refractivity contribution in [1.82, 2.24) is 0 Å². The molecule has 32 heavy (non-hydrogen) atoms. The van der Waals surface area contributed by atoms with Crippen LogP contribution in [0.5, 0.6) is 0 Å². The number of fused-ring (bicyclic) bond motifs is 7. The zero-order chi connectivity index (χ0) is 23.3. The van der Waals surface area contributed by atoms with Crippen LogP contribution in [0.1, 0.15) is 106 Å². The first kappa shape index (κ1) is 23.4. The Morgan fingerprint density at radius 3 is 2.19 bits per heavy atom. The van der Waals surface area contributed by atoms with Crippen LogP contribution >= 0.6 is 0 Å². The Bertz CT molecular complexity index is 786. The van der Waals surface area contributed by atoms with E-state index >= 15 is 0 Å². The summed E-state index contributed by atoms with van der Waals surface area (Å²) in [5.74, 6) is 3.33. The van der Waals surface area contributed by atoms with Gasteiger partial charge in [0.15, 0.2) is 0 Å². The van der Waals surface area contributed by atoms with Crippen LogP contribution in [0.2, 0.25) is 0 Å². The van der Waals surface area contributed by atoms with E-state index in [-0.39, 0.29) is 16.9 Å². The van der Waals surface area contributed by atoms with Gasteiger partial charge < -0.3 is 10.2 Å². The van der Waals surface area contributed by atoms with Gasteiger partial charge in [-0.2, -0.15) is 0 Å². The minimum atomic E-state index is -0.147. The Morgan fingerprint density at radius 2 is 1.53 bits per heavy atom. The third-order valence-corrected chi connectivity index (χ3v) is 13.5. The van der Waals surface area contributed by atoms with E-state index in [1.165, 1.54) is 63.4 Å². The number of allylic oxidation sites excluding steroid dienone is 1. The maximum atomic E-state index is 10.9. The molecule has 0 aliphatic heterocycles. The normalized spacial score (nSPS) is 56.5. The second kappa shape index (κ2) is 7.09. The van der Waals surface area contributed by atoms with Crippen LogP contribution in [-0.2, 0) is 0 Å². The highest BCUT2D eigenvalue weighted by atomic mass is 16.3. The standard InChI is InChI=1S/C30H50O2/c1-19(2)20-10-15-30(18-31)17-16-28(6)21(25(20)30)8-9-23-27(5)13-12-24(32)26(3,4)22(27)11-14-29(23,28)7/h20-25,31-32H,1,8-18H2,2-7H3/t20-,21-,22-,23+,24-,25-,27+,28+,29-,30-/m0/s1. The van der Waals surface area contributed by atoms with Gasteiger partial charge in [0.05, 0.1) is 6.10 Å². The van der Waals surface area contributed by atoms with Crippen molar-refractivity contribution in [1.29, 1.82) is 0 Å². The first-order valence-electron chi connectivity index (χ1n) is 13.8. The quantitative estimate of drug-likeness (QED) is 0.452. The van der Waals surface area contributed by atoms with E-state index in [0.29, 0.717) is 40.6 Å². The summed E-state index contributed by atoms with van der Waals surface area (Å²) in [5, 5.41) is 21.5. The highest BCUT2D eigenvalue weighted by Gasteiger charge is 2.70. The highest BCUT2D eigenvalue weighted by molar-refractivity contribution is 5.21. The summed E-state index contributed by atoms with van der Waals surface area (Å²) in [4.78, 5) is 0. The van der Waals surface area contributed by atoms with Crippen molar-refractivity contribution in [3.63, 3.8) is 0 Å². The maximum Gasteiger partial charge on any atom is 0.0594 e. The minimum Gasteiger partial charge on any atom is -0.396 e. The average molecular weight is 443 g/mol. The summed E-state index contributed by atoms with van der Waals surface area (Å²) < 4.78 is 0. The Balaban J connectivity index is 1.55. The Labute approximate surface area is 197 Å². The molecule has 0 amide bonds. The molecule has 5 aliphatic rings. The molecule has 0 saturated heterocycles. The summed E-state index contributed by atoms with van der Waals surface area (Å²) in [6.07, 6.45) is 12.2. The molecule has 10 atom stereocenters. The maximum absolute atomic E-state index is 10.9. The summed E-state index contributed by atoms with van der Waals surface area (Å²) in [5.41, 5.74) is 2.60. The molecule has 0 bridgehead atoms. The summed E-state index contributed by atoms with van der Waals surface area (Å²) in [7, 11) is 0. The molecule has 0 aromatic rings. The molecule has 5 rings (SSSR count). The van der Waals surface area contributed by atoms with Gasteiger partial charge in [0.2, 0.25) is 0 Å². The summed E-state index contributed by atoms with van der Waals surface area (Å²) in [6.45, 7) is 19.7. The van der Waals surface area contributed by atoms with Crippen molar-refractivity contribution in [3.05, 3.63) is 12.2 Å². The van der Waals surface area contributed by atoms with Crippen molar-refractivity contribution < 1.29 is 10.2 Å². The monoisotopic (exact) mass is 442 g/mol. The van der Waals surface area contributed by atoms with Gasteiger partial charge in [-0.25, -0.2) is 0 Å². The van der Waals surface area contributed by atoms with E-state index < -0.39 is 0 Å². The molecule has 0 unspecified atom stereocenters. The largest absolute Gasteiger partial charge is 0.396 e. The SMILES string of the molecule is C=C(C)[C@@H]1CC[C@@]2(CO)CC[C@]3(C)[C@@H](CC[C@@H]4[C@]5(C)CC[C@H](O)C(C)(C)[C@@H]5CC[C@@]43C)[C@H]12. The Morgan fingerprint density at radius 1 is 0.812 bits per heavy atom. The van der Waals surface area contributed by atoms with Crippen LogP contribution in [0.3, 0.4) is 0 Å². The number of aliphatic hydroxyl groups is 2. The van der Waals surface area contributed by atoms with E-state index in [0.717, 1.165) is 18.3 Å². The van der Waals surface area contributed by atoms with Crippen molar-refractivity contribution in [2.45, 2.75) is 112 Å². The van der Waals surface area contributed by atoms with E-state index in [4.69, 9.17) is 0 Å². The topological polar surface area (TPSA) is 40.5 Å². The molecule has 5 saturated carbocycles. The molecular formula is C30H50O2. The van der Waals surface area contributed by atoms with E-state index in [2.05, 4.69) is 48.1 Å². The molecule has 0 aromatic heterocycles. The van der Waals surface area contributed by atoms with Gasteiger partial charge in [0.1, 0.15) is 0 Å². The van der Waals surface area contributed by atoms with Gasteiger partial charge in [0.25, 0.3) is 0 Å². The first-order chi connectivity index (χ1) is 14.9. The third kappa shape index (κ3) is 2.66. The summed E-state index contributed by atoms with van der Waals surface area (Å²) in [6, 6.07) is 0. The van der Waals surface area contributed by atoms with Gasteiger partial charge in [-0.15, -0.1) is 0 Å². The molecule has 5 fully saturated rings. The number of aliphatic hydroxyl groups excluding tert-OH is 2. The lowest BCUT2D eigenvalue weighted by molar-refractivity contribution is -0.249. The molecule has 0 heterocycles. The van der Waals surface area contributed by atoms with E-state index in [1.54, 1.807) is 0 Å². The fourth-order valence-electron chi connectivity index (χ4n) is 11.5. The lowest BCUT2D eigenvalue weighted by atomic mass is 9.32. The lowest BCUT2D eigenvalue weighted by Crippen LogP contribution is -2.66. The zero-order valence-corrected chi connectivity index (χ0v) is 21.8. The van der Waals surface area contributed by atoms with Crippen LogP contribution < -0.4 is 0 Å². The third-order valence-electron chi connectivity index (χ3n) is 13.5. The molecule has 2 heteroatoms. The van der Waals surface area contributed by atoms with Crippen LogP contribution in [0.25, 0.3) is 0 Å². The van der Waals surface area contributed by atoms with E-state index in [9.17, 15) is 10.2 Å². The molecule has 5 aliphatic carbocycles. The molecule has 182 valence electrons. The number of rotatable bonds is 2. The molecule has 0 spiro atoms. The molecule has 0 radical (unpaired) electrons. The van der Waals surface area contributed by atoms with Gasteiger partial charge in [0, 0.05) is 6.61 Å². The first-order valence-corrected chi connectivity index (χ1v) is 13.8.